The molecule has 0 unspecified atom stereocenters. The van der Waals surface area contributed by atoms with Crippen LogP contribution in [0.15, 0.2) is 12.4 Å². The number of nitrogen functional groups attached to an aromatic ring is 1. The van der Waals surface area contributed by atoms with Gasteiger partial charge in [-0.1, -0.05) is 0 Å². The molecule has 1 aliphatic carbocycles. The summed E-state index contributed by atoms with van der Waals surface area (Å²) in [5.41, 5.74) is 7.25. The number of nitrogens with two attached hydrogens (primary N) is 1. The minimum absolute atomic E-state index is 0.164. The van der Waals surface area contributed by atoms with Gasteiger partial charge in [0.1, 0.15) is 17.5 Å². The first kappa shape index (κ1) is 17.3. The van der Waals surface area contributed by atoms with Crippen molar-refractivity contribution in [3.63, 3.8) is 0 Å². The molecule has 4 heterocycles. The summed E-state index contributed by atoms with van der Waals surface area (Å²) in [7, 11) is 0. The van der Waals surface area contributed by atoms with E-state index in [9.17, 15) is 0 Å². The Labute approximate surface area is 162 Å². The molecule has 9 nitrogen and oxygen atoms in total. The number of fused-ring (bicyclic) bond motifs is 3. The summed E-state index contributed by atoms with van der Waals surface area (Å²) in [5, 5.41) is 0. The molecule has 9 heteroatoms. The lowest BCUT2D eigenvalue weighted by Gasteiger charge is -2.30. The van der Waals surface area contributed by atoms with Gasteiger partial charge in [0.2, 0.25) is 11.8 Å². The van der Waals surface area contributed by atoms with Crippen molar-refractivity contribution in [2.75, 3.05) is 12.3 Å². The number of ether oxygens (including phenoxy) is 2. The van der Waals surface area contributed by atoms with Gasteiger partial charge in [0.25, 0.3) is 0 Å². The Kier molecular flexibility index (Phi) is 3.94. The van der Waals surface area contributed by atoms with E-state index in [2.05, 4.69) is 19.5 Å². The predicted octanol–water partition coefficient (Wildman–Crippen LogP) is 2.45. The van der Waals surface area contributed by atoms with Gasteiger partial charge in [0.15, 0.2) is 17.0 Å². The van der Waals surface area contributed by atoms with Crippen molar-refractivity contribution < 1.29 is 9.47 Å². The number of anilines is 1. The summed E-state index contributed by atoms with van der Waals surface area (Å²) in [5.74, 6) is 2.08. The average Bonchev–Trinajstić information content (AvgIpc) is 3.31. The van der Waals surface area contributed by atoms with E-state index in [1.54, 1.807) is 12.4 Å². The van der Waals surface area contributed by atoms with E-state index in [1.165, 1.54) is 12.8 Å². The summed E-state index contributed by atoms with van der Waals surface area (Å²) in [6.07, 6.45) is 7.85. The first-order chi connectivity index (χ1) is 13.5. The van der Waals surface area contributed by atoms with Gasteiger partial charge in [-0.15, -0.1) is 0 Å². The Morgan fingerprint density at radius 1 is 1.14 bits per heavy atom. The van der Waals surface area contributed by atoms with Gasteiger partial charge in [0.05, 0.1) is 12.2 Å². The van der Waals surface area contributed by atoms with Crippen LogP contribution in [0.1, 0.15) is 45.4 Å². The number of imidazole rings is 1. The minimum Gasteiger partial charge on any atom is -0.473 e. The van der Waals surface area contributed by atoms with Crippen LogP contribution in [0.2, 0.25) is 0 Å². The van der Waals surface area contributed by atoms with Crippen LogP contribution >= 0.6 is 0 Å². The molecule has 2 N–H and O–H groups in total. The highest BCUT2D eigenvalue weighted by molar-refractivity contribution is 5.80. The molecule has 0 aromatic carbocycles. The summed E-state index contributed by atoms with van der Waals surface area (Å²) in [4.78, 5) is 22.4. The molecular weight excluding hydrogens is 358 g/mol. The van der Waals surface area contributed by atoms with Gasteiger partial charge in [-0.05, 0) is 39.5 Å². The van der Waals surface area contributed by atoms with Crippen molar-refractivity contribution in [3.05, 3.63) is 18.2 Å². The van der Waals surface area contributed by atoms with Gasteiger partial charge < -0.3 is 19.8 Å². The molecule has 3 aromatic rings. The lowest BCUT2D eigenvalue weighted by Crippen LogP contribution is -2.33. The third kappa shape index (κ3) is 2.86. The van der Waals surface area contributed by atoms with E-state index >= 15 is 0 Å². The van der Waals surface area contributed by atoms with Crippen LogP contribution in [0.25, 0.3) is 22.6 Å². The topological polar surface area (TPSA) is 114 Å². The molecule has 0 amide bonds. The summed E-state index contributed by atoms with van der Waals surface area (Å²) < 4.78 is 14.3. The van der Waals surface area contributed by atoms with Crippen LogP contribution < -0.4 is 10.5 Å². The maximum absolute atomic E-state index is 6.29. The first-order valence-corrected chi connectivity index (χ1v) is 9.68. The van der Waals surface area contributed by atoms with Gasteiger partial charge in [-0.2, -0.15) is 4.98 Å². The van der Waals surface area contributed by atoms with Crippen molar-refractivity contribution in [2.45, 2.75) is 57.8 Å². The van der Waals surface area contributed by atoms with Crippen molar-refractivity contribution in [1.82, 2.24) is 29.5 Å². The van der Waals surface area contributed by atoms with Gasteiger partial charge in [-0.25, -0.2) is 19.9 Å². The third-order valence-electron chi connectivity index (χ3n) is 5.39. The van der Waals surface area contributed by atoms with E-state index in [0.717, 1.165) is 24.3 Å². The molecule has 0 atom stereocenters. The van der Waals surface area contributed by atoms with E-state index in [0.29, 0.717) is 35.9 Å². The van der Waals surface area contributed by atoms with Crippen molar-refractivity contribution in [3.8, 4) is 17.3 Å². The van der Waals surface area contributed by atoms with Crippen molar-refractivity contribution in [2.24, 2.45) is 0 Å². The summed E-state index contributed by atoms with van der Waals surface area (Å²) in [6.45, 7) is 5.33. The molecule has 1 saturated carbocycles. The Bertz CT molecular complexity index is 1020. The molecule has 0 radical (unpaired) electrons. The molecule has 1 fully saturated rings. The Balaban J connectivity index is 1.70. The first-order valence-electron chi connectivity index (χ1n) is 9.68. The summed E-state index contributed by atoms with van der Waals surface area (Å²) in [6, 6.07) is 0. The maximum atomic E-state index is 6.29. The van der Waals surface area contributed by atoms with Crippen molar-refractivity contribution in [1.29, 1.82) is 0 Å². The second-order valence-electron chi connectivity index (χ2n) is 7.82. The van der Waals surface area contributed by atoms with E-state index in [-0.39, 0.29) is 12.1 Å². The van der Waals surface area contributed by atoms with E-state index in [4.69, 9.17) is 25.2 Å². The highest BCUT2D eigenvalue weighted by Crippen LogP contribution is 2.35. The molecular formula is C19H23N7O2. The second-order valence-corrected chi connectivity index (χ2v) is 7.82. The zero-order valence-corrected chi connectivity index (χ0v) is 16.1. The fraction of sp³-hybridized carbons (Fsp3) is 0.526. The number of hydrogen-bond acceptors (Lipinski definition) is 8. The zero-order chi connectivity index (χ0) is 19.3. The Morgan fingerprint density at radius 3 is 2.64 bits per heavy atom. The maximum Gasteiger partial charge on any atom is 0.246 e. The van der Waals surface area contributed by atoms with Crippen LogP contribution in [0.4, 0.5) is 5.95 Å². The third-order valence-corrected chi connectivity index (χ3v) is 5.39. The predicted molar refractivity (Wildman–Crippen MR) is 103 cm³/mol. The highest BCUT2D eigenvalue weighted by atomic mass is 16.5. The van der Waals surface area contributed by atoms with Gasteiger partial charge >= 0.3 is 0 Å². The molecule has 3 aromatic heterocycles. The molecule has 146 valence electrons. The molecule has 0 saturated heterocycles. The monoisotopic (exact) mass is 381 g/mol. The van der Waals surface area contributed by atoms with Crippen LogP contribution in [0, 0.1) is 0 Å². The van der Waals surface area contributed by atoms with E-state index < -0.39 is 5.60 Å². The SMILES string of the molecule is CC1(C)OCCn2c1nc1c(OC3CCCC3)nc(-c3cnc(N)nc3)nc12. The number of nitrogens with zero attached hydrogens (tertiary/aromatic N) is 6. The highest BCUT2D eigenvalue weighted by Gasteiger charge is 2.34. The van der Waals surface area contributed by atoms with Crippen LogP contribution in [0.5, 0.6) is 5.88 Å². The normalized spacial score (nSPS) is 19.1. The van der Waals surface area contributed by atoms with Crippen LogP contribution in [0.3, 0.4) is 0 Å². The van der Waals surface area contributed by atoms with Gasteiger partial charge in [0, 0.05) is 18.9 Å². The molecule has 0 bridgehead atoms. The fourth-order valence-corrected chi connectivity index (χ4v) is 3.93. The molecule has 1 aliphatic heterocycles. The Morgan fingerprint density at radius 2 is 1.89 bits per heavy atom. The molecule has 2 aliphatic rings. The smallest absolute Gasteiger partial charge is 0.246 e. The van der Waals surface area contributed by atoms with Crippen LogP contribution in [-0.4, -0.2) is 42.2 Å². The largest absolute Gasteiger partial charge is 0.473 e. The molecule has 5 rings (SSSR count). The lowest BCUT2D eigenvalue weighted by atomic mass is 10.1. The lowest BCUT2D eigenvalue weighted by molar-refractivity contribution is -0.0530. The Hall–Kier alpha value is -2.81. The number of rotatable bonds is 3. The quantitative estimate of drug-likeness (QED) is 0.736. The van der Waals surface area contributed by atoms with Crippen molar-refractivity contribution >= 4 is 17.1 Å². The number of aromatic nitrogens is 6. The zero-order valence-electron chi connectivity index (χ0n) is 16.1. The van der Waals surface area contributed by atoms with Gasteiger partial charge in [-0.3, -0.25) is 0 Å². The summed E-state index contributed by atoms with van der Waals surface area (Å²) >= 11 is 0. The number of hydrogen-bond donors (Lipinski definition) is 1. The molecule has 0 spiro atoms. The molecule has 28 heavy (non-hydrogen) atoms. The fourth-order valence-electron chi connectivity index (χ4n) is 3.93. The standard InChI is InChI=1S/C19H23N7O2/c1-19(2)17-23-13-15(26(17)7-8-27-19)24-14(11-9-21-18(20)22-10-11)25-16(13)28-12-5-3-4-6-12/h9-10,12H,3-8H2,1-2H3,(H2,20,21,22). The van der Waals surface area contributed by atoms with Crippen LogP contribution in [-0.2, 0) is 16.9 Å². The average molecular weight is 381 g/mol. The minimum atomic E-state index is -0.492. The second kappa shape index (κ2) is 6.37. The van der Waals surface area contributed by atoms with E-state index in [1.807, 2.05) is 13.8 Å².